The SMILES string of the molecule is N#CCC(=O)N[C@@H](CCN1CC2=CN(C(=O)c3c(F)cccc3Cl)CC2C1)c1ccccc1. The number of hydrogen-bond donors (Lipinski definition) is 1. The van der Waals surface area contributed by atoms with Gasteiger partial charge in [-0.2, -0.15) is 5.26 Å². The Hall–Kier alpha value is -3.21. The molecule has 0 bridgehead atoms. The number of benzene rings is 2. The molecule has 33 heavy (non-hydrogen) atoms. The third-order valence-electron chi connectivity index (χ3n) is 6.10. The van der Waals surface area contributed by atoms with Crippen LogP contribution in [-0.2, 0) is 4.79 Å². The average molecular weight is 467 g/mol. The summed E-state index contributed by atoms with van der Waals surface area (Å²) < 4.78 is 14.2. The van der Waals surface area contributed by atoms with Crippen LogP contribution in [0, 0.1) is 23.1 Å². The monoisotopic (exact) mass is 466 g/mol. The van der Waals surface area contributed by atoms with E-state index in [4.69, 9.17) is 16.9 Å². The molecule has 0 saturated carbocycles. The van der Waals surface area contributed by atoms with E-state index in [-0.39, 0.29) is 34.9 Å². The van der Waals surface area contributed by atoms with Crippen LogP contribution in [0.5, 0.6) is 0 Å². The number of nitrogens with zero attached hydrogens (tertiary/aromatic N) is 3. The van der Waals surface area contributed by atoms with Crippen molar-refractivity contribution in [2.45, 2.75) is 18.9 Å². The van der Waals surface area contributed by atoms with Gasteiger partial charge in [0, 0.05) is 38.3 Å². The number of carbonyl (C=O) groups is 2. The Morgan fingerprint density at radius 1 is 1.18 bits per heavy atom. The van der Waals surface area contributed by atoms with Crippen molar-refractivity contribution in [1.29, 1.82) is 5.26 Å². The minimum absolute atomic E-state index is 0.0911. The summed E-state index contributed by atoms with van der Waals surface area (Å²) in [6.07, 6.45) is 2.35. The highest BCUT2D eigenvalue weighted by Crippen LogP contribution is 2.32. The van der Waals surface area contributed by atoms with Crippen molar-refractivity contribution in [3.05, 3.63) is 82.3 Å². The van der Waals surface area contributed by atoms with E-state index in [0.29, 0.717) is 19.5 Å². The van der Waals surface area contributed by atoms with Crippen LogP contribution in [0.25, 0.3) is 0 Å². The number of nitrogens with one attached hydrogen (secondary N) is 1. The van der Waals surface area contributed by atoms with Crippen molar-refractivity contribution in [2.24, 2.45) is 5.92 Å². The Balaban J connectivity index is 1.38. The molecule has 0 aliphatic carbocycles. The second-order valence-electron chi connectivity index (χ2n) is 8.34. The van der Waals surface area contributed by atoms with Crippen molar-refractivity contribution < 1.29 is 14.0 Å². The molecular formula is C25H24ClFN4O2. The largest absolute Gasteiger partial charge is 0.348 e. The molecule has 6 nitrogen and oxygen atoms in total. The lowest BCUT2D eigenvalue weighted by Gasteiger charge is -2.23. The van der Waals surface area contributed by atoms with Crippen LogP contribution in [0.15, 0.2) is 60.3 Å². The van der Waals surface area contributed by atoms with Gasteiger partial charge in [-0.15, -0.1) is 0 Å². The van der Waals surface area contributed by atoms with Gasteiger partial charge in [-0.25, -0.2) is 4.39 Å². The van der Waals surface area contributed by atoms with E-state index in [1.54, 1.807) is 4.90 Å². The van der Waals surface area contributed by atoms with Crippen molar-refractivity contribution in [2.75, 3.05) is 26.2 Å². The summed E-state index contributed by atoms with van der Waals surface area (Å²) in [6.45, 7) is 2.76. The number of rotatable bonds is 7. The smallest absolute Gasteiger partial charge is 0.262 e. The third-order valence-corrected chi connectivity index (χ3v) is 6.41. The molecular weight excluding hydrogens is 443 g/mol. The Morgan fingerprint density at radius 2 is 1.97 bits per heavy atom. The molecule has 1 unspecified atom stereocenters. The Kier molecular flexibility index (Phi) is 7.07. The van der Waals surface area contributed by atoms with E-state index in [2.05, 4.69) is 10.2 Å². The van der Waals surface area contributed by atoms with E-state index in [1.807, 2.05) is 42.6 Å². The van der Waals surface area contributed by atoms with Gasteiger partial charge in [0.15, 0.2) is 0 Å². The molecule has 2 aromatic rings. The third kappa shape index (κ3) is 5.24. The molecule has 2 aliphatic rings. The first-order valence-corrected chi connectivity index (χ1v) is 11.2. The van der Waals surface area contributed by atoms with Gasteiger partial charge < -0.3 is 10.2 Å². The second kappa shape index (κ2) is 10.2. The molecule has 2 aromatic carbocycles. The van der Waals surface area contributed by atoms with Gasteiger partial charge in [0.25, 0.3) is 5.91 Å². The normalized spacial score (nSPS) is 18.4. The summed E-state index contributed by atoms with van der Waals surface area (Å²) >= 11 is 6.06. The lowest BCUT2D eigenvalue weighted by atomic mass is 10.0. The molecule has 2 aliphatic heterocycles. The van der Waals surface area contributed by atoms with Crippen molar-refractivity contribution in [3.63, 3.8) is 0 Å². The zero-order valence-electron chi connectivity index (χ0n) is 18.0. The van der Waals surface area contributed by atoms with Crippen LogP contribution in [0.3, 0.4) is 0 Å². The van der Waals surface area contributed by atoms with Gasteiger partial charge in [-0.05, 0) is 29.7 Å². The number of fused-ring (bicyclic) bond motifs is 1. The molecule has 1 fully saturated rings. The minimum Gasteiger partial charge on any atom is -0.348 e. The molecule has 1 N–H and O–H groups in total. The van der Waals surface area contributed by atoms with Gasteiger partial charge in [0.2, 0.25) is 5.91 Å². The van der Waals surface area contributed by atoms with E-state index in [9.17, 15) is 14.0 Å². The van der Waals surface area contributed by atoms with Gasteiger partial charge >= 0.3 is 0 Å². The van der Waals surface area contributed by atoms with Gasteiger partial charge in [0.05, 0.1) is 22.7 Å². The highest BCUT2D eigenvalue weighted by Gasteiger charge is 2.36. The molecule has 0 aromatic heterocycles. The molecule has 0 spiro atoms. The molecule has 170 valence electrons. The summed E-state index contributed by atoms with van der Waals surface area (Å²) in [5.74, 6) is -1.12. The van der Waals surface area contributed by atoms with Crippen LogP contribution in [-0.4, -0.2) is 47.8 Å². The Bertz CT molecular complexity index is 1090. The van der Waals surface area contributed by atoms with Crippen molar-refractivity contribution in [3.8, 4) is 6.07 Å². The van der Waals surface area contributed by atoms with E-state index in [0.717, 1.165) is 24.2 Å². The zero-order valence-corrected chi connectivity index (χ0v) is 18.8. The second-order valence-corrected chi connectivity index (χ2v) is 8.75. The predicted molar refractivity (Wildman–Crippen MR) is 123 cm³/mol. The van der Waals surface area contributed by atoms with Crippen molar-refractivity contribution >= 4 is 23.4 Å². The summed E-state index contributed by atoms with van der Waals surface area (Å²) in [6, 6.07) is 15.7. The molecule has 2 atom stereocenters. The number of nitriles is 1. The van der Waals surface area contributed by atoms with Crippen LogP contribution in [0.2, 0.25) is 5.02 Å². The van der Waals surface area contributed by atoms with E-state index >= 15 is 0 Å². The Labute approximate surface area is 197 Å². The molecule has 1 saturated heterocycles. The standard InChI is InChI=1S/C25H24ClFN4O2/c26-20-7-4-8-21(27)24(20)25(33)31-15-18-13-30(14-19(18)16-31)12-10-22(29-23(32)9-11-28)17-5-2-1-3-6-17/h1-8,15,19,22H,9-10,12-14,16H2,(H,29,32)/t19?,22-/m0/s1. The topological polar surface area (TPSA) is 76.4 Å². The minimum atomic E-state index is -0.616. The highest BCUT2D eigenvalue weighted by molar-refractivity contribution is 6.33. The number of halogens is 2. The quantitative estimate of drug-likeness (QED) is 0.671. The van der Waals surface area contributed by atoms with Gasteiger partial charge in [0.1, 0.15) is 12.2 Å². The summed E-state index contributed by atoms with van der Waals surface area (Å²) in [5.41, 5.74) is 2.05. The maximum atomic E-state index is 14.2. The Morgan fingerprint density at radius 3 is 2.67 bits per heavy atom. The fraction of sp³-hybridized carbons (Fsp3) is 0.320. The number of likely N-dealkylation sites (tertiary alicyclic amines) is 1. The molecule has 0 radical (unpaired) electrons. The summed E-state index contributed by atoms with van der Waals surface area (Å²) in [4.78, 5) is 28.7. The maximum absolute atomic E-state index is 14.2. The number of carbonyl (C=O) groups excluding carboxylic acids is 2. The first kappa shape index (κ1) is 23.0. The fourth-order valence-corrected chi connectivity index (χ4v) is 4.73. The van der Waals surface area contributed by atoms with Crippen LogP contribution in [0.1, 0.15) is 34.8 Å². The van der Waals surface area contributed by atoms with Crippen LogP contribution < -0.4 is 5.32 Å². The van der Waals surface area contributed by atoms with Crippen LogP contribution >= 0.6 is 11.6 Å². The molecule has 2 heterocycles. The highest BCUT2D eigenvalue weighted by atomic mass is 35.5. The first-order valence-electron chi connectivity index (χ1n) is 10.9. The lowest BCUT2D eigenvalue weighted by Crippen LogP contribution is -2.33. The fourth-order valence-electron chi connectivity index (χ4n) is 4.49. The predicted octanol–water partition coefficient (Wildman–Crippen LogP) is 3.91. The van der Waals surface area contributed by atoms with Gasteiger partial charge in [-0.3, -0.25) is 14.5 Å². The molecule has 8 heteroatoms. The number of amides is 2. The summed E-state index contributed by atoms with van der Waals surface area (Å²) in [7, 11) is 0. The van der Waals surface area contributed by atoms with Crippen LogP contribution in [0.4, 0.5) is 4.39 Å². The number of hydrogen-bond acceptors (Lipinski definition) is 4. The van der Waals surface area contributed by atoms with E-state index < -0.39 is 11.7 Å². The van der Waals surface area contributed by atoms with E-state index in [1.165, 1.54) is 18.2 Å². The summed E-state index contributed by atoms with van der Waals surface area (Å²) in [5, 5.41) is 11.9. The molecule has 4 rings (SSSR count). The lowest BCUT2D eigenvalue weighted by molar-refractivity contribution is -0.120. The average Bonchev–Trinajstić information content (AvgIpc) is 3.36. The first-order chi connectivity index (χ1) is 16.0. The zero-order chi connectivity index (χ0) is 23.4. The van der Waals surface area contributed by atoms with Gasteiger partial charge in [-0.1, -0.05) is 48.0 Å². The maximum Gasteiger partial charge on any atom is 0.262 e. The van der Waals surface area contributed by atoms with Crippen molar-refractivity contribution in [1.82, 2.24) is 15.1 Å². The molecule has 2 amide bonds.